The van der Waals surface area contributed by atoms with Gasteiger partial charge in [-0.3, -0.25) is 0 Å². The molecule has 24 heavy (non-hydrogen) atoms. The average Bonchev–Trinajstić information content (AvgIpc) is 2.47. The molecule has 0 aliphatic rings. The minimum Gasteiger partial charge on any atom is -0.457 e. The van der Waals surface area contributed by atoms with Crippen LogP contribution < -0.4 is 15.2 Å². The van der Waals surface area contributed by atoms with Gasteiger partial charge in [-0.1, -0.05) is 17.7 Å². The quantitative estimate of drug-likeness (QED) is 0.789. The zero-order valence-electron chi connectivity index (χ0n) is 13.3. The second kappa shape index (κ2) is 8.18. The van der Waals surface area contributed by atoms with Gasteiger partial charge in [0.15, 0.2) is 0 Å². The second-order valence-electron chi connectivity index (χ2n) is 5.72. The summed E-state index contributed by atoms with van der Waals surface area (Å²) < 4.78 is 32.8. The summed E-state index contributed by atoms with van der Waals surface area (Å²) in [5.41, 5.74) is 4.84. The fourth-order valence-electron chi connectivity index (χ4n) is 1.82. The Bertz CT molecular complexity index is 778. The number of rotatable bonds is 6. The van der Waals surface area contributed by atoms with E-state index in [2.05, 4.69) is 4.72 Å². The van der Waals surface area contributed by atoms with E-state index in [1.807, 2.05) is 0 Å². The van der Waals surface area contributed by atoms with E-state index in [0.29, 0.717) is 16.5 Å². The van der Waals surface area contributed by atoms with Crippen LogP contribution in [0.5, 0.6) is 11.5 Å². The number of nitrogens with two attached hydrogens (primary N) is 1. The first-order chi connectivity index (χ1) is 10.7. The molecule has 0 aliphatic heterocycles. The van der Waals surface area contributed by atoms with Crippen molar-refractivity contribution in [2.75, 3.05) is 6.54 Å². The third kappa shape index (κ3) is 5.65. The van der Waals surface area contributed by atoms with E-state index in [0.717, 1.165) is 0 Å². The summed E-state index contributed by atoms with van der Waals surface area (Å²) >= 11 is 5.89. The van der Waals surface area contributed by atoms with Crippen LogP contribution in [0.3, 0.4) is 0 Å². The average molecular weight is 391 g/mol. The smallest absolute Gasteiger partial charge is 0.241 e. The Labute approximate surface area is 153 Å². The minimum absolute atomic E-state index is 0. The van der Waals surface area contributed by atoms with E-state index >= 15 is 0 Å². The molecule has 0 saturated carbocycles. The lowest BCUT2D eigenvalue weighted by molar-refractivity contribution is 0.462. The highest BCUT2D eigenvalue weighted by Crippen LogP contribution is 2.25. The van der Waals surface area contributed by atoms with Crippen molar-refractivity contribution in [1.29, 1.82) is 0 Å². The van der Waals surface area contributed by atoms with E-state index < -0.39 is 15.6 Å². The molecule has 2 rings (SSSR count). The summed E-state index contributed by atoms with van der Waals surface area (Å²) in [4.78, 5) is 0.150. The zero-order chi connectivity index (χ0) is 17.1. The third-order valence-corrected chi connectivity index (χ3v) is 5.04. The largest absolute Gasteiger partial charge is 0.457 e. The van der Waals surface area contributed by atoms with E-state index in [1.54, 1.807) is 50.2 Å². The van der Waals surface area contributed by atoms with Gasteiger partial charge in [0.1, 0.15) is 11.5 Å². The lowest BCUT2D eigenvalue weighted by Crippen LogP contribution is -2.48. The summed E-state index contributed by atoms with van der Waals surface area (Å²) in [7, 11) is -3.63. The van der Waals surface area contributed by atoms with E-state index in [4.69, 9.17) is 22.1 Å². The van der Waals surface area contributed by atoms with Crippen molar-refractivity contribution in [3.05, 3.63) is 53.6 Å². The Morgan fingerprint density at radius 2 is 1.75 bits per heavy atom. The van der Waals surface area contributed by atoms with Gasteiger partial charge in [-0.05, 0) is 56.3 Å². The molecule has 3 N–H and O–H groups in total. The maximum atomic E-state index is 12.3. The number of benzene rings is 2. The van der Waals surface area contributed by atoms with Crippen LogP contribution in [-0.2, 0) is 10.0 Å². The number of ether oxygens (including phenoxy) is 1. The van der Waals surface area contributed by atoms with Gasteiger partial charge in [-0.2, -0.15) is 0 Å². The summed E-state index contributed by atoms with van der Waals surface area (Å²) in [6, 6.07) is 13.1. The number of hydrogen-bond donors (Lipinski definition) is 2. The highest BCUT2D eigenvalue weighted by Gasteiger charge is 2.24. The van der Waals surface area contributed by atoms with Crippen molar-refractivity contribution < 1.29 is 13.2 Å². The molecule has 0 amide bonds. The molecule has 0 heterocycles. The molecule has 0 saturated heterocycles. The van der Waals surface area contributed by atoms with Crippen LogP contribution in [0.1, 0.15) is 13.8 Å². The first-order valence-electron chi connectivity index (χ1n) is 6.99. The van der Waals surface area contributed by atoms with E-state index in [9.17, 15) is 8.42 Å². The fourth-order valence-corrected chi connectivity index (χ4v) is 3.42. The number of halogens is 2. The third-order valence-electron chi connectivity index (χ3n) is 3.09. The zero-order valence-corrected chi connectivity index (χ0v) is 15.7. The molecule has 2 aromatic carbocycles. The maximum Gasteiger partial charge on any atom is 0.241 e. The molecule has 0 aliphatic carbocycles. The normalized spacial score (nSPS) is 11.7. The van der Waals surface area contributed by atoms with Crippen molar-refractivity contribution in [3.8, 4) is 11.5 Å². The standard InChI is InChI=1S/C16H19ClN2O3S.ClH/c1-16(2,11-18)19-23(20,21)15-8-6-13(7-9-15)22-14-5-3-4-12(17)10-14;/h3-10,19H,11,18H2,1-2H3;1H. The van der Waals surface area contributed by atoms with Crippen LogP contribution in [0, 0.1) is 0 Å². The number of nitrogens with one attached hydrogen (secondary N) is 1. The fraction of sp³-hybridized carbons (Fsp3) is 0.250. The molecule has 0 bridgehead atoms. The first-order valence-corrected chi connectivity index (χ1v) is 8.85. The van der Waals surface area contributed by atoms with Crippen LogP contribution in [0.15, 0.2) is 53.4 Å². The van der Waals surface area contributed by atoms with E-state index in [1.165, 1.54) is 12.1 Å². The van der Waals surface area contributed by atoms with Gasteiger partial charge in [0.2, 0.25) is 10.0 Å². The Hall–Kier alpha value is -1.31. The van der Waals surface area contributed by atoms with Crippen LogP contribution in [0.4, 0.5) is 0 Å². The van der Waals surface area contributed by atoms with Gasteiger partial charge in [0.05, 0.1) is 4.90 Å². The Kier molecular flexibility index (Phi) is 7.07. The van der Waals surface area contributed by atoms with Gasteiger partial charge in [0, 0.05) is 17.1 Å². The van der Waals surface area contributed by atoms with Crippen LogP contribution >= 0.6 is 24.0 Å². The highest BCUT2D eigenvalue weighted by atomic mass is 35.5. The van der Waals surface area contributed by atoms with Gasteiger partial charge in [0.25, 0.3) is 0 Å². The lowest BCUT2D eigenvalue weighted by atomic mass is 10.1. The van der Waals surface area contributed by atoms with E-state index in [-0.39, 0.29) is 23.8 Å². The maximum absolute atomic E-state index is 12.3. The first kappa shape index (κ1) is 20.7. The SMILES string of the molecule is CC(C)(CN)NS(=O)(=O)c1ccc(Oc2cccc(Cl)c2)cc1.Cl. The number of sulfonamides is 1. The van der Waals surface area contributed by atoms with Crippen LogP contribution in [0.25, 0.3) is 0 Å². The van der Waals surface area contributed by atoms with Gasteiger partial charge in [-0.25, -0.2) is 13.1 Å². The molecule has 0 spiro atoms. The molecule has 8 heteroatoms. The Morgan fingerprint density at radius 1 is 1.12 bits per heavy atom. The molecule has 132 valence electrons. The molecule has 0 aromatic heterocycles. The molecule has 5 nitrogen and oxygen atoms in total. The highest BCUT2D eigenvalue weighted by molar-refractivity contribution is 7.89. The van der Waals surface area contributed by atoms with Crippen molar-refractivity contribution in [2.24, 2.45) is 5.73 Å². The van der Waals surface area contributed by atoms with Crippen molar-refractivity contribution >= 4 is 34.0 Å². The van der Waals surface area contributed by atoms with Crippen LogP contribution in [0.2, 0.25) is 5.02 Å². The number of hydrogen-bond acceptors (Lipinski definition) is 4. The second-order valence-corrected chi connectivity index (χ2v) is 7.84. The molecule has 0 fully saturated rings. The Morgan fingerprint density at radius 3 is 2.29 bits per heavy atom. The molecule has 0 unspecified atom stereocenters. The molecule has 0 radical (unpaired) electrons. The van der Waals surface area contributed by atoms with Gasteiger partial charge < -0.3 is 10.5 Å². The van der Waals surface area contributed by atoms with Crippen molar-refractivity contribution in [1.82, 2.24) is 4.72 Å². The van der Waals surface area contributed by atoms with Gasteiger partial charge in [-0.15, -0.1) is 12.4 Å². The predicted octanol–water partition coefficient (Wildman–Crippen LogP) is 3.57. The molecular weight excluding hydrogens is 371 g/mol. The van der Waals surface area contributed by atoms with Crippen LogP contribution in [-0.4, -0.2) is 20.5 Å². The molecule has 0 atom stereocenters. The molecular formula is C16H20Cl2N2O3S. The predicted molar refractivity (Wildman–Crippen MR) is 98.7 cm³/mol. The summed E-state index contributed by atoms with van der Waals surface area (Å²) in [5, 5.41) is 0.565. The summed E-state index contributed by atoms with van der Waals surface area (Å²) in [6.45, 7) is 3.64. The van der Waals surface area contributed by atoms with Crippen molar-refractivity contribution in [3.63, 3.8) is 0 Å². The Balaban J connectivity index is 0.00000288. The summed E-state index contributed by atoms with van der Waals surface area (Å²) in [5.74, 6) is 1.10. The van der Waals surface area contributed by atoms with Crippen molar-refractivity contribution in [2.45, 2.75) is 24.3 Å². The summed E-state index contributed by atoms with van der Waals surface area (Å²) in [6.07, 6.45) is 0. The molecule has 2 aromatic rings. The lowest BCUT2D eigenvalue weighted by Gasteiger charge is -2.23. The monoisotopic (exact) mass is 390 g/mol. The topological polar surface area (TPSA) is 81.4 Å². The minimum atomic E-state index is -3.63. The van der Waals surface area contributed by atoms with Gasteiger partial charge >= 0.3 is 0 Å².